The number of primary amides is 1. The summed E-state index contributed by atoms with van der Waals surface area (Å²) in [5.41, 5.74) is 8.12. The highest BCUT2D eigenvalue weighted by molar-refractivity contribution is 5.92. The molecule has 0 saturated carbocycles. The van der Waals surface area contributed by atoms with E-state index in [0.717, 1.165) is 18.8 Å². The Bertz CT molecular complexity index is 621. The van der Waals surface area contributed by atoms with Gasteiger partial charge in [0.2, 0.25) is 5.91 Å². The van der Waals surface area contributed by atoms with E-state index in [4.69, 9.17) is 10.5 Å². The van der Waals surface area contributed by atoms with Crippen LogP contribution in [0.3, 0.4) is 0 Å². The number of ether oxygens (including phenoxy) is 1. The van der Waals surface area contributed by atoms with Crippen molar-refractivity contribution in [2.75, 3.05) is 6.54 Å². The molecule has 0 aliphatic rings. The first-order valence-electron chi connectivity index (χ1n) is 6.98. The number of hydrogen-bond acceptors (Lipinski definition) is 3. The summed E-state index contributed by atoms with van der Waals surface area (Å²) in [6.45, 7) is 5.96. The van der Waals surface area contributed by atoms with Crippen LogP contribution in [0.2, 0.25) is 0 Å². The number of carbonyl (C=O) groups is 1. The molecule has 0 bridgehead atoms. The quantitative estimate of drug-likeness (QED) is 0.857. The van der Waals surface area contributed by atoms with E-state index < -0.39 is 5.91 Å². The van der Waals surface area contributed by atoms with Crippen molar-refractivity contribution < 1.29 is 9.53 Å². The molecule has 110 valence electrons. The second-order valence-electron chi connectivity index (χ2n) is 4.86. The smallest absolute Gasteiger partial charge is 0.248 e. The van der Waals surface area contributed by atoms with Crippen molar-refractivity contribution in [1.29, 1.82) is 0 Å². The lowest BCUT2D eigenvalue weighted by molar-refractivity contribution is 0.100. The summed E-state index contributed by atoms with van der Waals surface area (Å²) < 4.78 is 5.78. The summed E-state index contributed by atoms with van der Waals surface area (Å²) in [6.07, 6.45) is 0. The number of hydrogen-bond donors (Lipinski definition) is 2. The van der Waals surface area contributed by atoms with Gasteiger partial charge in [0.05, 0.1) is 0 Å². The molecule has 4 nitrogen and oxygen atoms in total. The molecule has 2 aromatic rings. The van der Waals surface area contributed by atoms with E-state index in [1.54, 1.807) is 24.3 Å². The Labute approximate surface area is 124 Å². The van der Waals surface area contributed by atoms with Crippen LogP contribution in [0.4, 0.5) is 0 Å². The minimum Gasteiger partial charge on any atom is -0.457 e. The molecule has 3 N–H and O–H groups in total. The fourth-order valence-electron chi connectivity index (χ4n) is 2.01. The van der Waals surface area contributed by atoms with Crippen LogP contribution in [0.25, 0.3) is 0 Å². The van der Waals surface area contributed by atoms with Gasteiger partial charge < -0.3 is 15.8 Å². The molecular formula is C17H20N2O2. The number of aryl methyl sites for hydroxylation is 1. The maximum absolute atomic E-state index is 11.0. The molecule has 1 amide bonds. The lowest BCUT2D eigenvalue weighted by Crippen LogP contribution is -2.12. The maximum atomic E-state index is 11.0. The second kappa shape index (κ2) is 6.90. The third-order valence-electron chi connectivity index (χ3n) is 3.25. The Morgan fingerprint density at radius 2 is 1.81 bits per heavy atom. The van der Waals surface area contributed by atoms with Gasteiger partial charge in [-0.25, -0.2) is 0 Å². The van der Waals surface area contributed by atoms with E-state index in [1.807, 2.05) is 12.1 Å². The zero-order valence-electron chi connectivity index (χ0n) is 12.3. The van der Waals surface area contributed by atoms with Crippen molar-refractivity contribution >= 4 is 5.91 Å². The summed E-state index contributed by atoms with van der Waals surface area (Å²) in [5.74, 6) is 1.02. The average Bonchev–Trinajstić information content (AvgIpc) is 2.47. The van der Waals surface area contributed by atoms with Gasteiger partial charge in [-0.15, -0.1) is 0 Å². The zero-order chi connectivity index (χ0) is 15.2. The Balaban J connectivity index is 2.09. The molecule has 0 saturated heterocycles. The van der Waals surface area contributed by atoms with E-state index in [-0.39, 0.29) is 0 Å². The van der Waals surface area contributed by atoms with Gasteiger partial charge in [0.1, 0.15) is 11.5 Å². The number of carbonyl (C=O) groups excluding carboxylic acids is 1. The summed E-state index contributed by atoms with van der Waals surface area (Å²) in [7, 11) is 0. The molecule has 0 heterocycles. The van der Waals surface area contributed by atoms with Crippen LogP contribution in [0, 0.1) is 6.92 Å². The maximum Gasteiger partial charge on any atom is 0.248 e. The predicted molar refractivity (Wildman–Crippen MR) is 83.6 cm³/mol. The van der Waals surface area contributed by atoms with Gasteiger partial charge in [0.25, 0.3) is 0 Å². The van der Waals surface area contributed by atoms with Crippen molar-refractivity contribution in [3.8, 4) is 11.5 Å². The minimum atomic E-state index is -0.440. The van der Waals surface area contributed by atoms with Crippen LogP contribution >= 0.6 is 0 Å². The van der Waals surface area contributed by atoms with E-state index in [1.165, 1.54) is 11.1 Å². The molecule has 2 aromatic carbocycles. The Morgan fingerprint density at radius 1 is 1.14 bits per heavy atom. The van der Waals surface area contributed by atoms with E-state index in [2.05, 4.69) is 25.2 Å². The minimum absolute atomic E-state index is 0.440. The number of amides is 1. The Kier molecular flexibility index (Phi) is 4.95. The van der Waals surface area contributed by atoms with Crippen LogP contribution in [0.1, 0.15) is 28.4 Å². The summed E-state index contributed by atoms with van der Waals surface area (Å²) in [6, 6.07) is 12.8. The predicted octanol–water partition coefficient (Wildman–Crippen LogP) is 3.00. The average molecular weight is 284 g/mol. The first-order chi connectivity index (χ1) is 10.1. The van der Waals surface area contributed by atoms with Crippen molar-refractivity contribution in [3.05, 3.63) is 59.2 Å². The van der Waals surface area contributed by atoms with Crippen LogP contribution in [0.5, 0.6) is 11.5 Å². The number of rotatable bonds is 6. The van der Waals surface area contributed by atoms with Crippen LogP contribution in [-0.2, 0) is 6.54 Å². The summed E-state index contributed by atoms with van der Waals surface area (Å²) >= 11 is 0. The van der Waals surface area contributed by atoms with Gasteiger partial charge in [-0.2, -0.15) is 0 Å². The van der Waals surface area contributed by atoms with Crippen molar-refractivity contribution in [3.63, 3.8) is 0 Å². The van der Waals surface area contributed by atoms with Crippen molar-refractivity contribution in [1.82, 2.24) is 5.32 Å². The topological polar surface area (TPSA) is 64.3 Å². The standard InChI is InChI=1S/C17H20N2O2/c1-3-19-11-14-6-9-16(10-12(14)2)21-15-7-4-13(5-8-15)17(18)20/h4-10,19H,3,11H2,1-2H3,(H2,18,20). The molecule has 0 aromatic heterocycles. The van der Waals surface area contributed by atoms with E-state index >= 15 is 0 Å². The lowest BCUT2D eigenvalue weighted by Gasteiger charge is -2.10. The van der Waals surface area contributed by atoms with Crippen LogP contribution in [0.15, 0.2) is 42.5 Å². The highest BCUT2D eigenvalue weighted by Gasteiger charge is 2.04. The molecule has 2 rings (SSSR count). The first-order valence-corrected chi connectivity index (χ1v) is 6.98. The Morgan fingerprint density at radius 3 is 2.38 bits per heavy atom. The molecule has 21 heavy (non-hydrogen) atoms. The van der Waals surface area contributed by atoms with Gasteiger partial charge in [-0.3, -0.25) is 4.79 Å². The molecule has 0 atom stereocenters. The van der Waals surface area contributed by atoms with Crippen molar-refractivity contribution in [2.24, 2.45) is 5.73 Å². The molecule has 0 radical (unpaired) electrons. The molecule has 0 unspecified atom stereocenters. The van der Waals surface area contributed by atoms with E-state index in [0.29, 0.717) is 11.3 Å². The van der Waals surface area contributed by atoms with Crippen LogP contribution in [-0.4, -0.2) is 12.5 Å². The van der Waals surface area contributed by atoms with Gasteiger partial charge in [-0.1, -0.05) is 13.0 Å². The first kappa shape index (κ1) is 15.1. The molecule has 0 spiro atoms. The largest absolute Gasteiger partial charge is 0.457 e. The molecule has 0 aliphatic carbocycles. The van der Waals surface area contributed by atoms with Crippen LogP contribution < -0.4 is 15.8 Å². The second-order valence-corrected chi connectivity index (χ2v) is 4.86. The normalized spacial score (nSPS) is 10.4. The van der Waals surface area contributed by atoms with Crippen molar-refractivity contribution in [2.45, 2.75) is 20.4 Å². The monoisotopic (exact) mass is 284 g/mol. The van der Waals surface area contributed by atoms with E-state index in [9.17, 15) is 4.79 Å². The summed E-state index contributed by atoms with van der Waals surface area (Å²) in [4.78, 5) is 11.0. The zero-order valence-corrected chi connectivity index (χ0v) is 12.3. The number of benzene rings is 2. The fraction of sp³-hybridized carbons (Fsp3) is 0.235. The highest BCUT2D eigenvalue weighted by atomic mass is 16.5. The van der Waals surface area contributed by atoms with Gasteiger partial charge >= 0.3 is 0 Å². The molecule has 0 fully saturated rings. The number of nitrogens with one attached hydrogen (secondary N) is 1. The lowest BCUT2D eigenvalue weighted by atomic mass is 10.1. The third kappa shape index (κ3) is 4.07. The molecule has 0 aliphatic heterocycles. The fourth-order valence-corrected chi connectivity index (χ4v) is 2.01. The van der Waals surface area contributed by atoms with Gasteiger partial charge in [-0.05, 0) is 61.0 Å². The third-order valence-corrected chi connectivity index (χ3v) is 3.25. The Hall–Kier alpha value is -2.33. The summed E-state index contributed by atoms with van der Waals surface area (Å²) in [5, 5.41) is 3.31. The molecule has 4 heteroatoms. The SMILES string of the molecule is CCNCc1ccc(Oc2ccc(C(N)=O)cc2)cc1C. The number of nitrogens with two attached hydrogens (primary N) is 1. The molecular weight excluding hydrogens is 264 g/mol. The van der Waals surface area contributed by atoms with Gasteiger partial charge in [0.15, 0.2) is 0 Å². The van der Waals surface area contributed by atoms with Gasteiger partial charge in [0, 0.05) is 12.1 Å². The highest BCUT2D eigenvalue weighted by Crippen LogP contribution is 2.24.